The zero-order chi connectivity index (χ0) is 19.7. The third-order valence-electron chi connectivity index (χ3n) is 4.61. The lowest BCUT2D eigenvalue weighted by molar-refractivity contribution is -0.117. The van der Waals surface area contributed by atoms with Gasteiger partial charge in [-0.2, -0.15) is 10.2 Å². The number of hydrogen-bond donors (Lipinski definition) is 1. The van der Waals surface area contributed by atoms with Crippen LogP contribution in [0.3, 0.4) is 0 Å². The molecule has 2 heterocycles. The van der Waals surface area contributed by atoms with E-state index in [1.165, 1.54) is 4.68 Å². The summed E-state index contributed by atoms with van der Waals surface area (Å²) in [6.07, 6.45) is 1.59. The highest BCUT2D eigenvalue weighted by Gasteiger charge is 2.16. The molecule has 0 saturated heterocycles. The van der Waals surface area contributed by atoms with Gasteiger partial charge in [0.15, 0.2) is 0 Å². The smallest absolute Gasteiger partial charge is 0.275 e. The van der Waals surface area contributed by atoms with Crippen molar-refractivity contribution in [2.75, 3.05) is 5.32 Å². The second-order valence-corrected chi connectivity index (χ2v) is 6.54. The molecule has 1 amide bonds. The zero-order valence-electron chi connectivity index (χ0n) is 15.6. The Labute approximate surface area is 161 Å². The van der Waals surface area contributed by atoms with Gasteiger partial charge in [-0.15, -0.1) is 0 Å². The summed E-state index contributed by atoms with van der Waals surface area (Å²) in [5.41, 5.74) is 2.78. The highest BCUT2D eigenvalue weighted by molar-refractivity contribution is 5.92. The Bertz CT molecular complexity index is 1220. The molecule has 28 heavy (non-hydrogen) atoms. The van der Waals surface area contributed by atoms with Gasteiger partial charge in [0.2, 0.25) is 5.91 Å². The molecule has 7 nitrogen and oxygen atoms in total. The highest BCUT2D eigenvalue weighted by atomic mass is 16.2. The number of fused-ring (bicyclic) bond motifs is 1. The number of amides is 1. The minimum absolute atomic E-state index is 0.168. The quantitative estimate of drug-likeness (QED) is 0.596. The van der Waals surface area contributed by atoms with Crippen LogP contribution < -0.4 is 10.9 Å². The lowest BCUT2D eigenvalue weighted by atomic mass is 10.2. The third-order valence-corrected chi connectivity index (χ3v) is 4.61. The Balaban J connectivity index is 1.59. The lowest BCUT2D eigenvalue weighted by Crippen LogP contribution is -2.29. The van der Waals surface area contributed by atoms with Crippen molar-refractivity contribution in [1.29, 1.82) is 0 Å². The van der Waals surface area contributed by atoms with Crippen LogP contribution in [0.1, 0.15) is 11.4 Å². The number of para-hydroxylation sites is 1. The van der Waals surface area contributed by atoms with Gasteiger partial charge in [-0.25, -0.2) is 9.36 Å². The minimum atomic E-state index is -0.330. The number of nitrogens with one attached hydrogen (secondary N) is 1. The van der Waals surface area contributed by atoms with E-state index in [-0.39, 0.29) is 18.0 Å². The molecule has 0 aliphatic carbocycles. The predicted octanol–water partition coefficient (Wildman–Crippen LogP) is 2.84. The summed E-state index contributed by atoms with van der Waals surface area (Å²) < 4.78 is 2.95. The van der Waals surface area contributed by atoms with Gasteiger partial charge in [-0.05, 0) is 32.0 Å². The predicted molar refractivity (Wildman–Crippen MR) is 108 cm³/mol. The van der Waals surface area contributed by atoms with E-state index in [1.54, 1.807) is 23.0 Å². The van der Waals surface area contributed by atoms with Crippen molar-refractivity contribution in [3.05, 3.63) is 82.5 Å². The topological polar surface area (TPSA) is 81.8 Å². The van der Waals surface area contributed by atoms with Gasteiger partial charge in [0.25, 0.3) is 5.56 Å². The molecular weight excluding hydrogens is 354 g/mol. The maximum atomic E-state index is 12.6. The van der Waals surface area contributed by atoms with Crippen molar-refractivity contribution in [2.45, 2.75) is 20.4 Å². The number of hydrogen-bond acceptors (Lipinski definition) is 4. The summed E-state index contributed by atoms with van der Waals surface area (Å²) in [5.74, 6) is -0.330. The van der Waals surface area contributed by atoms with Crippen LogP contribution in [0.4, 0.5) is 5.69 Å². The number of benzene rings is 2. The van der Waals surface area contributed by atoms with E-state index in [9.17, 15) is 9.59 Å². The lowest BCUT2D eigenvalue weighted by Gasteiger charge is -2.08. The van der Waals surface area contributed by atoms with Crippen LogP contribution in [0.2, 0.25) is 0 Å². The average Bonchev–Trinajstić information content (AvgIpc) is 2.99. The normalized spacial score (nSPS) is 10.9. The van der Waals surface area contributed by atoms with Crippen molar-refractivity contribution in [3.63, 3.8) is 0 Å². The molecule has 0 atom stereocenters. The summed E-state index contributed by atoms with van der Waals surface area (Å²) in [6.45, 7) is 3.56. The Morgan fingerprint density at radius 2 is 1.75 bits per heavy atom. The molecule has 4 aromatic rings. The van der Waals surface area contributed by atoms with Gasteiger partial charge in [-0.1, -0.05) is 36.4 Å². The maximum Gasteiger partial charge on any atom is 0.275 e. The molecule has 0 radical (unpaired) electrons. The van der Waals surface area contributed by atoms with E-state index in [4.69, 9.17) is 0 Å². The summed E-state index contributed by atoms with van der Waals surface area (Å²) in [5, 5.41) is 12.8. The van der Waals surface area contributed by atoms with Crippen LogP contribution in [-0.2, 0) is 11.3 Å². The van der Waals surface area contributed by atoms with Crippen LogP contribution in [0.15, 0.2) is 65.6 Å². The first-order valence-electron chi connectivity index (χ1n) is 8.91. The molecule has 140 valence electrons. The van der Waals surface area contributed by atoms with Gasteiger partial charge in [0, 0.05) is 5.39 Å². The summed E-state index contributed by atoms with van der Waals surface area (Å²) in [4.78, 5) is 25.1. The average molecular weight is 373 g/mol. The molecule has 0 spiro atoms. The van der Waals surface area contributed by atoms with E-state index in [1.807, 2.05) is 56.3 Å². The fourth-order valence-corrected chi connectivity index (χ4v) is 3.20. The van der Waals surface area contributed by atoms with Gasteiger partial charge >= 0.3 is 0 Å². The van der Waals surface area contributed by atoms with Crippen LogP contribution in [-0.4, -0.2) is 25.5 Å². The number of aryl methyl sites for hydroxylation is 1. The number of nitrogens with zero attached hydrogens (tertiary/aromatic N) is 4. The van der Waals surface area contributed by atoms with Crippen molar-refractivity contribution >= 4 is 22.4 Å². The highest BCUT2D eigenvalue weighted by Crippen LogP contribution is 2.22. The first-order valence-corrected chi connectivity index (χ1v) is 8.91. The van der Waals surface area contributed by atoms with Crippen molar-refractivity contribution in [2.24, 2.45) is 0 Å². The SMILES string of the molecule is Cc1nn(-c2ccccc2)c(C)c1NC(=O)Cn1ncc2ccccc2c1=O. The second-order valence-electron chi connectivity index (χ2n) is 6.54. The Morgan fingerprint density at radius 1 is 1.04 bits per heavy atom. The molecule has 2 aromatic heterocycles. The van der Waals surface area contributed by atoms with E-state index in [0.29, 0.717) is 16.8 Å². The number of carbonyl (C=O) groups excluding carboxylic acids is 1. The Kier molecular flexibility index (Phi) is 4.49. The summed E-state index contributed by atoms with van der Waals surface area (Å²) in [7, 11) is 0. The van der Waals surface area contributed by atoms with Crippen LogP contribution in [0.5, 0.6) is 0 Å². The molecule has 0 aliphatic rings. The minimum Gasteiger partial charge on any atom is -0.321 e. The van der Waals surface area contributed by atoms with Crippen molar-refractivity contribution in [3.8, 4) is 5.69 Å². The number of rotatable bonds is 4. The van der Waals surface area contributed by atoms with E-state index < -0.39 is 0 Å². The molecule has 0 bridgehead atoms. The monoisotopic (exact) mass is 373 g/mol. The van der Waals surface area contributed by atoms with Crippen molar-refractivity contribution < 1.29 is 4.79 Å². The third kappa shape index (κ3) is 3.18. The summed E-state index contributed by atoms with van der Waals surface area (Å²) in [6, 6.07) is 16.9. The van der Waals surface area contributed by atoms with E-state index in [0.717, 1.165) is 16.8 Å². The molecular formula is C21H19N5O2. The number of carbonyl (C=O) groups is 1. The molecule has 0 saturated carbocycles. The fourth-order valence-electron chi connectivity index (χ4n) is 3.20. The standard InChI is InChI=1S/C21H19N5O2/c1-14-20(15(2)26(24-14)17-9-4-3-5-10-17)23-19(27)13-25-21(28)18-11-7-6-8-16(18)12-22-25/h3-12H,13H2,1-2H3,(H,23,27). The van der Waals surface area contributed by atoms with Crippen LogP contribution >= 0.6 is 0 Å². The molecule has 0 fully saturated rings. The second kappa shape index (κ2) is 7.11. The number of anilines is 1. The number of aromatic nitrogens is 4. The van der Waals surface area contributed by atoms with Gasteiger partial charge < -0.3 is 5.32 Å². The molecule has 1 N–H and O–H groups in total. The maximum absolute atomic E-state index is 12.6. The van der Waals surface area contributed by atoms with Crippen LogP contribution in [0, 0.1) is 13.8 Å². The Morgan fingerprint density at radius 3 is 2.54 bits per heavy atom. The van der Waals surface area contributed by atoms with Crippen molar-refractivity contribution in [1.82, 2.24) is 19.6 Å². The van der Waals surface area contributed by atoms with Gasteiger partial charge in [0.05, 0.1) is 34.3 Å². The van der Waals surface area contributed by atoms with Gasteiger partial charge in [0.1, 0.15) is 6.54 Å². The molecule has 2 aromatic carbocycles. The largest absolute Gasteiger partial charge is 0.321 e. The molecule has 7 heteroatoms. The Hall–Kier alpha value is -3.74. The first kappa shape index (κ1) is 17.7. The summed E-state index contributed by atoms with van der Waals surface area (Å²) >= 11 is 0. The van der Waals surface area contributed by atoms with E-state index in [2.05, 4.69) is 15.5 Å². The zero-order valence-corrected chi connectivity index (χ0v) is 15.6. The molecule has 4 rings (SSSR count). The van der Waals surface area contributed by atoms with Crippen LogP contribution in [0.25, 0.3) is 16.5 Å². The molecule has 0 aliphatic heterocycles. The molecule has 0 unspecified atom stereocenters. The van der Waals surface area contributed by atoms with Gasteiger partial charge in [-0.3, -0.25) is 9.59 Å². The first-order chi connectivity index (χ1) is 13.5. The fraction of sp³-hybridized carbons (Fsp3) is 0.143. The van der Waals surface area contributed by atoms with E-state index >= 15 is 0 Å².